The lowest BCUT2D eigenvalue weighted by molar-refractivity contribution is 0.0738. The molecule has 5 nitrogen and oxygen atoms in total. The van der Waals surface area contributed by atoms with E-state index in [0.717, 1.165) is 50.6 Å². The number of nitrogens with one attached hydrogen (secondary N) is 2. The highest BCUT2D eigenvalue weighted by Crippen LogP contribution is 2.33. The van der Waals surface area contributed by atoms with Gasteiger partial charge < -0.3 is 15.2 Å². The van der Waals surface area contributed by atoms with Crippen molar-refractivity contribution in [2.75, 3.05) is 26.2 Å². The predicted octanol–water partition coefficient (Wildman–Crippen LogP) is 4.84. The summed E-state index contributed by atoms with van der Waals surface area (Å²) >= 11 is 9.79. The van der Waals surface area contributed by atoms with Gasteiger partial charge >= 0.3 is 0 Å². The largest absolute Gasteiger partial charge is 0.360 e. The first-order valence-corrected chi connectivity index (χ1v) is 10.6. The average Bonchev–Trinajstić information content (AvgIpc) is 3.16. The fourth-order valence-corrected chi connectivity index (χ4v) is 4.39. The molecule has 5 rings (SSSR count). The van der Waals surface area contributed by atoms with Crippen LogP contribution in [0.5, 0.6) is 0 Å². The van der Waals surface area contributed by atoms with E-state index in [1.165, 1.54) is 0 Å². The van der Waals surface area contributed by atoms with E-state index in [0.29, 0.717) is 23.7 Å². The van der Waals surface area contributed by atoms with Gasteiger partial charge in [0.25, 0.3) is 5.91 Å². The van der Waals surface area contributed by atoms with Gasteiger partial charge in [0.15, 0.2) is 0 Å². The zero-order valence-electron chi connectivity index (χ0n) is 15.5. The number of amides is 1. The van der Waals surface area contributed by atoms with Gasteiger partial charge in [0, 0.05) is 63.7 Å². The number of piperazine rings is 1. The van der Waals surface area contributed by atoms with Crippen LogP contribution >= 0.6 is 27.5 Å². The number of aromatic nitrogens is 2. The first kappa shape index (κ1) is 18.6. The summed E-state index contributed by atoms with van der Waals surface area (Å²) < 4.78 is 0.996. The minimum absolute atomic E-state index is 0.0171. The number of carbonyl (C=O) groups excluding carboxylic acids is 1. The summed E-state index contributed by atoms with van der Waals surface area (Å²) in [5, 5.41) is 5.72. The number of aromatic amines is 1. The maximum absolute atomic E-state index is 13.4. The number of fused-ring (bicyclic) bond motifs is 2. The van der Waals surface area contributed by atoms with Gasteiger partial charge in [-0.15, -0.1) is 0 Å². The lowest BCUT2D eigenvalue weighted by Gasteiger charge is -2.28. The van der Waals surface area contributed by atoms with E-state index in [9.17, 15) is 4.79 Å². The molecule has 29 heavy (non-hydrogen) atoms. The third-order valence-electron chi connectivity index (χ3n) is 5.33. The minimum Gasteiger partial charge on any atom is -0.360 e. The Labute approximate surface area is 181 Å². The van der Waals surface area contributed by atoms with Crippen molar-refractivity contribution in [1.29, 1.82) is 0 Å². The zero-order chi connectivity index (χ0) is 20.0. The van der Waals surface area contributed by atoms with Crippen LogP contribution in [0, 0.1) is 0 Å². The summed E-state index contributed by atoms with van der Waals surface area (Å²) in [6.07, 6.45) is 1.94. The summed E-state index contributed by atoms with van der Waals surface area (Å²) in [6, 6.07) is 13.5. The van der Waals surface area contributed by atoms with Gasteiger partial charge in [0.2, 0.25) is 0 Å². The van der Waals surface area contributed by atoms with Gasteiger partial charge in [0.05, 0.1) is 16.8 Å². The lowest BCUT2D eigenvalue weighted by atomic mass is 10.0. The van der Waals surface area contributed by atoms with Crippen molar-refractivity contribution in [1.82, 2.24) is 20.2 Å². The molecule has 146 valence electrons. The molecular weight excluding hydrogens is 452 g/mol. The van der Waals surface area contributed by atoms with Crippen LogP contribution in [0.15, 0.2) is 53.1 Å². The molecule has 1 aliphatic rings. The summed E-state index contributed by atoms with van der Waals surface area (Å²) in [7, 11) is 0. The molecule has 0 unspecified atom stereocenters. The van der Waals surface area contributed by atoms with Gasteiger partial charge in [-0.05, 0) is 42.5 Å². The highest BCUT2D eigenvalue weighted by molar-refractivity contribution is 9.10. The molecule has 2 aromatic heterocycles. The molecule has 0 bridgehead atoms. The van der Waals surface area contributed by atoms with Crippen LogP contribution in [0.25, 0.3) is 33.1 Å². The standard InChI is InChI=1S/C22H18BrClN4O/c23-13-1-3-19-15(9-13)18(12-26-19)21-11-17(22(29)28-7-5-25-6-8-28)16-10-14(24)2-4-20(16)27-21/h1-4,9-12,25-26H,5-8H2. The zero-order valence-corrected chi connectivity index (χ0v) is 17.8. The summed E-state index contributed by atoms with van der Waals surface area (Å²) in [6.45, 7) is 2.99. The summed E-state index contributed by atoms with van der Waals surface area (Å²) in [5.74, 6) is 0.0171. The molecule has 0 saturated carbocycles. The predicted molar refractivity (Wildman–Crippen MR) is 121 cm³/mol. The van der Waals surface area contributed by atoms with Gasteiger partial charge in [0.1, 0.15) is 0 Å². The molecule has 2 aromatic carbocycles. The van der Waals surface area contributed by atoms with E-state index < -0.39 is 0 Å². The third kappa shape index (κ3) is 3.41. The number of hydrogen-bond donors (Lipinski definition) is 2. The fraction of sp³-hybridized carbons (Fsp3) is 0.182. The van der Waals surface area contributed by atoms with E-state index >= 15 is 0 Å². The smallest absolute Gasteiger partial charge is 0.254 e. The Kier molecular flexibility index (Phi) is 4.78. The average molecular weight is 470 g/mol. The molecule has 0 radical (unpaired) electrons. The fourth-order valence-electron chi connectivity index (χ4n) is 3.86. The molecule has 2 N–H and O–H groups in total. The van der Waals surface area contributed by atoms with Crippen LogP contribution in [-0.2, 0) is 0 Å². The number of nitrogens with zero attached hydrogens (tertiary/aromatic N) is 2. The van der Waals surface area contributed by atoms with Crippen LogP contribution in [0.1, 0.15) is 10.4 Å². The second-order valence-corrected chi connectivity index (χ2v) is 8.50. The second-order valence-electron chi connectivity index (χ2n) is 7.15. The van der Waals surface area contributed by atoms with Crippen LogP contribution < -0.4 is 5.32 Å². The molecule has 0 atom stereocenters. The molecule has 1 aliphatic heterocycles. The van der Waals surface area contributed by atoms with E-state index in [4.69, 9.17) is 16.6 Å². The molecule has 0 aliphatic carbocycles. The first-order chi connectivity index (χ1) is 14.1. The Morgan fingerprint density at radius 2 is 1.90 bits per heavy atom. The van der Waals surface area contributed by atoms with Gasteiger partial charge in [-0.25, -0.2) is 4.98 Å². The van der Waals surface area contributed by atoms with Crippen molar-refractivity contribution < 1.29 is 4.79 Å². The molecule has 1 saturated heterocycles. The maximum Gasteiger partial charge on any atom is 0.254 e. The normalized spacial score (nSPS) is 14.6. The highest BCUT2D eigenvalue weighted by Gasteiger charge is 2.22. The van der Waals surface area contributed by atoms with Crippen molar-refractivity contribution in [2.24, 2.45) is 0 Å². The van der Waals surface area contributed by atoms with E-state index in [2.05, 4.69) is 32.3 Å². The van der Waals surface area contributed by atoms with Crippen molar-refractivity contribution in [2.45, 2.75) is 0 Å². The van der Waals surface area contributed by atoms with Crippen molar-refractivity contribution in [3.63, 3.8) is 0 Å². The molecule has 0 spiro atoms. The first-order valence-electron chi connectivity index (χ1n) is 9.47. The lowest BCUT2D eigenvalue weighted by Crippen LogP contribution is -2.46. The van der Waals surface area contributed by atoms with Crippen LogP contribution in [0.2, 0.25) is 5.02 Å². The van der Waals surface area contributed by atoms with Crippen LogP contribution in [0.3, 0.4) is 0 Å². The van der Waals surface area contributed by atoms with Gasteiger partial charge in [-0.3, -0.25) is 4.79 Å². The topological polar surface area (TPSA) is 61.0 Å². The number of halogens is 2. The van der Waals surface area contributed by atoms with Gasteiger partial charge in [-0.1, -0.05) is 27.5 Å². The summed E-state index contributed by atoms with van der Waals surface area (Å²) in [4.78, 5) is 23.4. The van der Waals surface area contributed by atoms with Crippen molar-refractivity contribution >= 4 is 55.2 Å². The monoisotopic (exact) mass is 468 g/mol. The molecule has 3 heterocycles. The summed E-state index contributed by atoms with van der Waals surface area (Å²) in [5.41, 5.74) is 4.15. The Morgan fingerprint density at radius 3 is 2.72 bits per heavy atom. The van der Waals surface area contributed by atoms with Crippen LogP contribution in [-0.4, -0.2) is 47.0 Å². The Balaban J connectivity index is 1.71. The quantitative estimate of drug-likeness (QED) is 0.441. The number of benzene rings is 2. The van der Waals surface area contributed by atoms with E-state index in [1.807, 2.05) is 47.5 Å². The number of rotatable bonds is 2. The number of hydrogen-bond acceptors (Lipinski definition) is 3. The minimum atomic E-state index is 0.0171. The Hall–Kier alpha value is -2.41. The van der Waals surface area contributed by atoms with Crippen molar-refractivity contribution in [3.8, 4) is 11.3 Å². The SMILES string of the molecule is O=C(c1cc(-c2c[nH]c3ccc(Br)cc23)nc2ccc(Cl)cc12)N1CCNCC1. The molecule has 4 aromatic rings. The molecule has 1 fully saturated rings. The Morgan fingerprint density at radius 1 is 1.07 bits per heavy atom. The second kappa shape index (κ2) is 7.44. The van der Waals surface area contributed by atoms with E-state index in [-0.39, 0.29) is 5.91 Å². The Bertz CT molecular complexity index is 1250. The van der Waals surface area contributed by atoms with Crippen LogP contribution in [0.4, 0.5) is 0 Å². The maximum atomic E-state index is 13.4. The van der Waals surface area contributed by atoms with E-state index in [1.54, 1.807) is 0 Å². The number of pyridine rings is 1. The number of H-pyrrole nitrogens is 1. The molecule has 7 heteroatoms. The highest BCUT2D eigenvalue weighted by atomic mass is 79.9. The van der Waals surface area contributed by atoms with Gasteiger partial charge in [-0.2, -0.15) is 0 Å². The third-order valence-corrected chi connectivity index (χ3v) is 6.05. The molecular formula is C22H18BrClN4O. The number of carbonyl (C=O) groups is 1. The molecule has 1 amide bonds. The van der Waals surface area contributed by atoms with Crippen molar-refractivity contribution in [3.05, 3.63) is 63.7 Å².